The number of piperidine rings is 1. The van der Waals surface area contributed by atoms with E-state index in [4.69, 9.17) is 19.9 Å². The number of rotatable bonds is 7. The third-order valence-electron chi connectivity index (χ3n) is 6.00. The van der Waals surface area contributed by atoms with E-state index in [1.807, 2.05) is 16.5 Å². The maximum Gasteiger partial charge on any atom is 0.401 e. The second kappa shape index (κ2) is 9.64. The van der Waals surface area contributed by atoms with Crippen LogP contribution in [0.5, 0.6) is 17.4 Å². The van der Waals surface area contributed by atoms with Crippen molar-refractivity contribution in [3.63, 3.8) is 0 Å². The van der Waals surface area contributed by atoms with Crippen LogP contribution >= 0.6 is 0 Å². The summed E-state index contributed by atoms with van der Waals surface area (Å²) in [4.78, 5) is 5.71. The van der Waals surface area contributed by atoms with Crippen molar-refractivity contribution in [1.82, 2.24) is 14.3 Å². The second-order valence-electron chi connectivity index (χ2n) is 8.65. The van der Waals surface area contributed by atoms with Crippen molar-refractivity contribution >= 4 is 5.65 Å². The third kappa shape index (κ3) is 5.28. The summed E-state index contributed by atoms with van der Waals surface area (Å²) < 4.78 is 57.4. The maximum atomic E-state index is 12.9. The molecule has 1 aromatic carbocycles. The van der Waals surface area contributed by atoms with Crippen LogP contribution in [0.15, 0.2) is 36.5 Å². The van der Waals surface area contributed by atoms with Crippen LogP contribution in [0.4, 0.5) is 13.2 Å². The molecule has 0 saturated carbocycles. The van der Waals surface area contributed by atoms with Crippen molar-refractivity contribution in [1.29, 1.82) is 5.26 Å². The first-order valence-electron chi connectivity index (χ1n) is 11.0. The fourth-order valence-corrected chi connectivity index (χ4v) is 4.48. The number of methoxy groups -OCH3 is 2. The standard InChI is InChI=1S/C24H26F3N5O3/c1-33-19-9-16(18-12-30-21-5-3-6-22(34-2)32(18)21)10-20(17(19)11-28)35-15-23(29)7-4-8-31(13-23)14-24(25,26)27/h3,5-6,9-10,12H,4,7-8,13-15,29H2,1-2H3/t23-/m0/s1. The van der Waals surface area contributed by atoms with E-state index >= 15 is 0 Å². The number of hydrogen-bond donors (Lipinski definition) is 1. The lowest BCUT2D eigenvalue weighted by molar-refractivity contribution is -0.150. The molecule has 2 aromatic heterocycles. The largest absolute Gasteiger partial charge is 0.495 e. The average Bonchev–Trinajstić information content (AvgIpc) is 3.25. The van der Waals surface area contributed by atoms with Crippen LogP contribution in [0.3, 0.4) is 0 Å². The first kappa shape index (κ1) is 24.6. The van der Waals surface area contributed by atoms with Gasteiger partial charge in [-0.15, -0.1) is 0 Å². The zero-order valence-corrected chi connectivity index (χ0v) is 19.4. The Morgan fingerprint density at radius 3 is 2.66 bits per heavy atom. The quantitative estimate of drug-likeness (QED) is 0.541. The van der Waals surface area contributed by atoms with Crippen LogP contribution in [0.2, 0.25) is 0 Å². The second-order valence-corrected chi connectivity index (χ2v) is 8.65. The third-order valence-corrected chi connectivity index (χ3v) is 6.00. The molecule has 0 amide bonds. The SMILES string of the molecule is COc1cc(-c2cnc3cccc(OC)n23)cc(OC[C@]2(N)CCCN(CC(F)(F)F)C2)c1C#N. The predicted octanol–water partition coefficient (Wildman–Crippen LogP) is 3.62. The molecule has 3 heterocycles. The van der Waals surface area contributed by atoms with E-state index in [1.165, 1.54) is 12.0 Å². The highest BCUT2D eigenvalue weighted by Crippen LogP contribution is 2.36. The van der Waals surface area contributed by atoms with E-state index < -0.39 is 18.3 Å². The molecular weight excluding hydrogens is 463 g/mol. The zero-order chi connectivity index (χ0) is 25.2. The van der Waals surface area contributed by atoms with Gasteiger partial charge in [0.15, 0.2) is 5.88 Å². The van der Waals surface area contributed by atoms with Crippen molar-refractivity contribution in [3.05, 3.63) is 42.1 Å². The van der Waals surface area contributed by atoms with Gasteiger partial charge in [0.25, 0.3) is 0 Å². The molecule has 8 nitrogen and oxygen atoms in total. The fourth-order valence-electron chi connectivity index (χ4n) is 4.48. The van der Waals surface area contributed by atoms with Crippen LogP contribution in [0.25, 0.3) is 16.9 Å². The van der Waals surface area contributed by atoms with Gasteiger partial charge in [0.2, 0.25) is 0 Å². The molecule has 0 aliphatic carbocycles. The van der Waals surface area contributed by atoms with E-state index in [0.717, 1.165) is 0 Å². The Hall–Kier alpha value is -3.49. The number of nitriles is 1. The van der Waals surface area contributed by atoms with Crippen LogP contribution in [-0.4, -0.2) is 66.5 Å². The number of nitrogens with zero attached hydrogens (tertiary/aromatic N) is 4. The Balaban J connectivity index is 1.66. The number of ether oxygens (including phenoxy) is 3. The van der Waals surface area contributed by atoms with Crippen molar-refractivity contribution in [2.75, 3.05) is 40.5 Å². The minimum atomic E-state index is -4.30. The van der Waals surface area contributed by atoms with Gasteiger partial charge in [0.1, 0.15) is 35.4 Å². The summed E-state index contributed by atoms with van der Waals surface area (Å²) in [6.07, 6.45) is -1.61. The Morgan fingerprint density at radius 2 is 1.97 bits per heavy atom. The summed E-state index contributed by atoms with van der Waals surface area (Å²) in [5, 5.41) is 9.76. The molecule has 3 aromatic rings. The van der Waals surface area contributed by atoms with E-state index in [1.54, 1.807) is 31.5 Å². The number of halogens is 3. The molecule has 0 bridgehead atoms. The van der Waals surface area contributed by atoms with Crippen LogP contribution in [-0.2, 0) is 0 Å². The summed E-state index contributed by atoms with van der Waals surface area (Å²) in [7, 11) is 3.00. The molecule has 4 rings (SSSR count). The number of hydrogen-bond acceptors (Lipinski definition) is 7. The molecule has 0 radical (unpaired) electrons. The Bertz CT molecular complexity index is 1250. The molecule has 11 heteroatoms. The van der Waals surface area contributed by atoms with Gasteiger partial charge in [-0.2, -0.15) is 18.4 Å². The minimum absolute atomic E-state index is 0.0374. The molecule has 35 heavy (non-hydrogen) atoms. The minimum Gasteiger partial charge on any atom is -0.495 e. The van der Waals surface area contributed by atoms with Gasteiger partial charge in [-0.3, -0.25) is 9.30 Å². The number of pyridine rings is 1. The summed E-state index contributed by atoms with van der Waals surface area (Å²) in [5.74, 6) is 1.08. The van der Waals surface area contributed by atoms with Gasteiger partial charge in [0, 0.05) is 12.1 Å². The van der Waals surface area contributed by atoms with Crippen molar-refractivity contribution in [2.45, 2.75) is 24.6 Å². The van der Waals surface area contributed by atoms with Crippen molar-refractivity contribution in [2.24, 2.45) is 5.73 Å². The molecule has 1 aliphatic heterocycles. The normalized spacial score (nSPS) is 18.9. The molecule has 186 valence electrons. The zero-order valence-electron chi connectivity index (χ0n) is 19.4. The Morgan fingerprint density at radius 1 is 1.20 bits per heavy atom. The van der Waals surface area contributed by atoms with Gasteiger partial charge in [-0.1, -0.05) is 6.07 Å². The number of nitrogens with two attached hydrogens (primary N) is 1. The maximum absolute atomic E-state index is 12.9. The number of fused-ring (bicyclic) bond motifs is 1. The van der Waals surface area contributed by atoms with Crippen LogP contribution in [0.1, 0.15) is 18.4 Å². The van der Waals surface area contributed by atoms with E-state index in [2.05, 4.69) is 11.1 Å². The number of aromatic nitrogens is 2. The number of imidazole rings is 1. The Labute approximate surface area is 200 Å². The molecule has 1 aliphatic rings. The first-order valence-corrected chi connectivity index (χ1v) is 11.0. The number of likely N-dealkylation sites (tertiary alicyclic amines) is 1. The fraction of sp³-hybridized carbons (Fsp3) is 0.417. The van der Waals surface area contributed by atoms with E-state index in [-0.39, 0.29) is 24.5 Å². The average molecular weight is 489 g/mol. The lowest BCUT2D eigenvalue weighted by Crippen LogP contribution is -2.58. The highest BCUT2D eigenvalue weighted by atomic mass is 19.4. The molecule has 1 fully saturated rings. The van der Waals surface area contributed by atoms with E-state index in [9.17, 15) is 18.4 Å². The van der Waals surface area contributed by atoms with Gasteiger partial charge in [-0.05, 0) is 43.7 Å². The smallest absolute Gasteiger partial charge is 0.401 e. The highest BCUT2D eigenvalue weighted by molar-refractivity contribution is 5.71. The Kier molecular flexibility index (Phi) is 6.78. The topological polar surface area (TPSA) is 98.0 Å². The molecule has 1 atom stereocenters. The molecule has 1 saturated heterocycles. The van der Waals surface area contributed by atoms with Gasteiger partial charge >= 0.3 is 6.18 Å². The summed E-state index contributed by atoms with van der Waals surface area (Å²) in [6, 6.07) is 10.9. The summed E-state index contributed by atoms with van der Waals surface area (Å²) in [5.41, 5.74) is 7.62. The molecule has 0 spiro atoms. The van der Waals surface area contributed by atoms with Crippen LogP contribution < -0.4 is 19.9 Å². The molecule has 0 unspecified atom stereocenters. The monoisotopic (exact) mass is 489 g/mol. The van der Waals surface area contributed by atoms with E-state index in [0.29, 0.717) is 47.9 Å². The van der Waals surface area contributed by atoms with Gasteiger partial charge in [0.05, 0.1) is 38.2 Å². The first-order chi connectivity index (χ1) is 16.7. The summed E-state index contributed by atoms with van der Waals surface area (Å²) in [6.45, 7) is -0.717. The lowest BCUT2D eigenvalue weighted by atomic mass is 9.91. The number of alkyl halides is 3. The number of benzene rings is 1. The molecule has 2 N–H and O–H groups in total. The van der Waals surface area contributed by atoms with Gasteiger partial charge < -0.3 is 19.9 Å². The molecular formula is C24H26F3N5O3. The highest BCUT2D eigenvalue weighted by Gasteiger charge is 2.38. The lowest BCUT2D eigenvalue weighted by Gasteiger charge is -2.40. The van der Waals surface area contributed by atoms with Crippen molar-refractivity contribution in [3.8, 4) is 34.7 Å². The van der Waals surface area contributed by atoms with Gasteiger partial charge in [-0.25, -0.2) is 4.98 Å². The predicted molar refractivity (Wildman–Crippen MR) is 123 cm³/mol. The van der Waals surface area contributed by atoms with Crippen molar-refractivity contribution < 1.29 is 27.4 Å². The van der Waals surface area contributed by atoms with Crippen LogP contribution in [0, 0.1) is 11.3 Å². The summed E-state index contributed by atoms with van der Waals surface area (Å²) >= 11 is 0.